The fourth-order valence-electron chi connectivity index (χ4n) is 0.775. The molecule has 62 valence electrons. The van der Waals surface area contributed by atoms with Gasteiger partial charge in [0.1, 0.15) is 0 Å². The highest BCUT2D eigenvalue weighted by molar-refractivity contribution is 5.78. The molecular weight excluding hydrogens is 134 g/mol. The van der Waals surface area contributed by atoms with Gasteiger partial charge in [-0.2, -0.15) is 0 Å². The van der Waals surface area contributed by atoms with Gasteiger partial charge in [-0.25, -0.2) is 0 Å². The second-order valence-electron chi connectivity index (χ2n) is 2.30. The van der Waals surface area contributed by atoms with Crippen LogP contribution in [0.5, 0.6) is 0 Å². The maximum atomic E-state index is 4.11. The first-order valence-corrected chi connectivity index (χ1v) is 4.18. The number of hydrogen-bond donors (Lipinski definition) is 0. The van der Waals surface area contributed by atoms with Crippen LogP contribution >= 0.6 is 0 Å². The summed E-state index contributed by atoms with van der Waals surface area (Å²) >= 11 is 0. The fraction of sp³-hybridized carbons (Fsp3) is 0.500. The Balaban J connectivity index is 3.96. The molecule has 0 saturated heterocycles. The summed E-state index contributed by atoms with van der Waals surface area (Å²) in [5.74, 6) is 0. The smallest absolute Gasteiger partial charge is 0.0296 e. The summed E-state index contributed by atoms with van der Waals surface area (Å²) in [7, 11) is 0. The zero-order chi connectivity index (χ0) is 8.53. The normalized spacial score (nSPS) is 13.5. The van der Waals surface area contributed by atoms with Crippen LogP contribution in [0.15, 0.2) is 28.9 Å². The molecule has 0 radical (unpaired) electrons. The topological polar surface area (TPSA) is 12.4 Å². The first-order chi connectivity index (χ1) is 5.35. The van der Waals surface area contributed by atoms with Gasteiger partial charge in [0.05, 0.1) is 0 Å². The molecule has 0 bridgehead atoms. The number of allylic oxidation sites excluding steroid dienone is 3. The molecule has 0 N–H and O–H groups in total. The van der Waals surface area contributed by atoms with E-state index in [4.69, 9.17) is 0 Å². The molecule has 0 rings (SSSR count). The van der Waals surface area contributed by atoms with E-state index in [0.29, 0.717) is 0 Å². The van der Waals surface area contributed by atoms with Gasteiger partial charge in [0.25, 0.3) is 0 Å². The number of aliphatic imine (C=N–C) groups is 1. The Kier molecular flexibility index (Phi) is 6.70. The molecule has 0 spiro atoms. The van der Waals surface area contributed by atoms with E-state index in [9.17, 15) is 0 Å². The van der Waals surface area contributed by atoms with Gasteiger partial charge in [0.2, 0.25) is 0 Å². The first-order valence-electron chi connectivity index (χ1n) is 4.18. The van der Waals surface area contributed by atoms with Crippen molar-refractivity contribution in [2.24, 2.45) is 4.99 Å². The molecule has 0 unspecified atom stereocenters. The zero-order valence-electron chi connectivity index (χ0n) is 7.67. The first kappa shape index (κ1) is 10.2. The third kappa shape index (κ3) is 5.59. The van der Waals surface area contributed by atoms with Crippen LogP contribution in [0.3, 0.4) is 0 Å². The molecule has 0 atom stereocenters. The van der Waals surface area contributed by atoms with E-state index in [0.717, 1.165) is 12.8 Å². The molecule has 0 fully saturated rings. The molecule has 0 heterocycles. The van der Waals surface area contributed by atoms with E-state index in [-0.39, 0.29) is 0 Å². The lowest BCUT2D eigenvalue weighted by molar-refractivity contribution is 1.12. The van der Waals surface area contributed by atoms with Crippen LogP contribution in [0, 0.1) is 0 Å². The summed E-state index contributed by atoms with van der Waals surface area (Å²) < 4.78 is 0. The lowest BCUT2D eigenvalue weighted by atomic mass is 10.2. The largest absolute Gasteiger partial charge is 0.265 e. The van der Waals surface area contributed by atoms with E-state index in [1.165, 1.54) is 5.57 Å². The molecular formula is C10H17N. The summed E-state index contributed by atoms with van der Waals surface area (Å²) in [6.45, 7) is 6.24. The molecule has 0 aliphatic heterocycles. The Hall–Kier alpha value is -0.850. The molecule has 0 aromatic heterocycles. The standard InChI is InChI=1S/C10H17N/c1-4-7-10(6-3)9-11-8-5-2/h5,7-9H,4,6H2,1-3H3/b8-5-,10-7+,11-9-. The van der Waals surface area contributed by atoms with Gasteiger partial charge in [-0.15, -0.1) is 0 Å². The van der Waals surface area contributed by atoms with Crippen LogP contribution in [0.4, 0.5) is 0 Å². The van der Waals surface area contributed by atoms with Crippen molar-refractivity contribution in [1.29, 1.82) is 0 Å². The predicted octanol–water partition coefficient (Wildman–Crippen LogP) is 3.34. The lowest BCUT2D eigenvalue weighted by Gasteiger charge is -1.92. The molecule has 11 heavy (non-hydrogen) atoms. The van der Waals surface area contributed by atoms with Crippen molar-refractivity contribution in [3.05, 3.63) is 23.9 Å². The molecule has 0 aromatic rings. The summed E-state index contributed by atoms with van der Waals surface area (Å²) in [5.41, 5.74) is 1.31. The van der Waals surface area contributed by atoms with Crippen molar-refractivity contribution < 1.29 is 0 Å². The lowest BCUT2D eigenvalue weighted by Crippen LogP contribution is -1.80. The van der Waals surface area contributed by atoms with E-state index in [1.807, 2.05) is 19.2 Å². The Morgan fingerprint density at radius 3 is 2.55 bits per heavy atom. The van der Waals surface area contributed by atoms with Crippen molar-refractivity contribution in [2.45, 2.75) is 33.6 Å². The van der Waals surface area contributed by atoms with Gasteiger partial charge in [-0.05, 0) is 25.3 Å². The third-order valence-corrected chi connectivity index (χ3v) is 1.35. The van der Waals surface area contributed by atoms with E-state index < -0.39 is 0 Å². The van der Waals surface area contributed by atoms with Gasteiger partial charge in [0.15, 0.2) is 0 Å². The minimum atomic E-state index is 1.06. The predicted molar refractivity (Wildman–Crippen MR) is 52.0 cm³/mol. The maximum absolute atomic E-state index is 4.11. The number of nitrogens with zero attached hydrogens (tertiary/aromatic N) is 1. The average molecular weight is 151 g/mol. The number of rotatable bonds is 4. The molecule has 0 saturated carbocycles. The highest BCUT2D eigenvalue weighted by atomic mass is 14.7. The highest BCUT2D eigenvalue weighted by Crippen LogP contribution is 1.98. The van der Waals surface area contributed by atoms with Crippen LogP contribution in [0.2, 0.25) is 0 Å². The van der Waals surface area contributed by atoms with Gasteiger partial charge in [0, 0.05) is 12.4 Å². The zero-order valence-corrected chi connectivity index (χ0v) is 7.67. The summed E-state index contributed by atoms with van der Waals surface area (Å²) in [4.78, 5) is 4.11. The summed E-state index contributed by atoms with van der Waals surface area (Å²) in [5, 5.41) is 0. The minimum Gasteiger partial charge on any atom is -0.265 e. The Morgan fingerprint density at radius 1 is 1.36 bits per heavy atom. The molecule has 0 aliphatic rings. The van der Waals surface area contributed by atoms with Crippen molar-refractivity contribution in [1.82, 2.24) is 0 Å². The van der Waals surface area contributed by atoms with Crippen molar-refractivity contribution in [3.8, 4) is 0 Å². The molecule has 0 amide bonds. The highest BCUT2D eigenvalue weighted by Gasteiger charge is 1.84. The van der Waals surface area contributed by atoms with Crippen LogP contribution < -0.4 is 0 Å². The van der Waals surface area contributed by atoms with Crippen LogP contribution in [-0.4, -0.2) is 6.21 Å². The molecule has 1 nitrogen and oxygen atoms in total. The minimum absolute atomic E-state index is 1.06. The van der Waals surface area contributed by atoms with Gasteiger partial charge in [-0.3, -0.25) is 4.99 Å². The second-order valence-corrected chi connectivity index (χ2v) is 2.30. The fourth-order valence-corrected chi connectivity index (χ4v) is 0.775. The van der Waals surface area contributed by atoms with Crippen molar-refractivity contribution in [2.75, 3.05) is 0 Å². The van der Waals surface area contributed by atoms with E-state index in [2.05, 4.69) is 24.9 Å². The molecule has 0 aliphatic carbocycles. The maximum Gasteiger partial charge on any atom is 0.0296 e. The monoisotopic (exact) mass is 151 g/mol. The van der Waals surface area contributed by atoms with Crippen LogP contribution in [0.25, 0.3) is 0 Å². The van der Waals surface area contributed by atoms with Crippen LogP contribution in [-0.2, 0) is 0 Å². The average Bonchev–Trinajstić information content (AvgIpc) is 2.03. The van der Waals surface area contributed by atoms with E-state index in [1.54, 1.807) is 6.20 Å². The third-order valence-electron chi connectivity index (χ3n) is 1.35. The van der Waals surface area contributed by atoms with Gasteiger partial charge in [-0.1, -0.05) is 26.0 Å². The summed E-state index contributed by atoms with van der Waals surface area (Å²) in [6, 6.07) is 0. The van der Waals surface area contributed by atoms with Gasteiger partial charge < -0.3 is 0 Å². The number of hydrogen-bond acceptors (Lipinski definition) is 1. The Morgan fingerprint density at radius 2 is 2.09 bits per heavy atom. The Bertz CT molecular complexity index is 164. The Labute approximate surface area is 69.5 Å². The van der Waals surface area contributed by atoms with Crippen molar-refractivity contribution >= 4 is 6.21 Å². The van der Waals surface area contributed by atoms with E-state index >= 15 is 0 Å². The second kappa shape index (κ2) is 7.26. The van der Waals surface area contributed by atoms with Crippen LogP contribution in [0.1, 0.15) is 33.6 Å². The quantitative estimate of drug-likeness (QED) is 0.546. The SMILES string of the molecule is C\C=C/N=C\C(=C\CC)CC. The van der Waals surface area contributed by atoms with Gasteiger partial charge >= 0.3 is 0 Å². The molecule has 0 aromatic carbocycles. The van der Waals surface area contributed by atoms with Crippen molar-refractivity contribution in [3.63, 3.8) is 0 Å². The molecule has 1 heteroatoms. The summed E-state index contributed by atoms with van der Waals surface area (Å²) in [6.07, 6.45) is 10.0.